The van der Waals surface area contributed by atoms with Gasteiger partial charge in [-0.05, 0) is 85.0 Å². The molecule has 5 rings (SSSR count). The van der Waals surface area contributed by atoms with E-state index >= 15 is 0 Å². The first-order chi connectivity index (χ1) is 18.2. The molecule has 1 aliphatic rings. The molecule has 1 aromatic carbocycles. The van der Waals surface area contributed by atoms with Crippen molar-refractivity contribution in [3.63, 3.8) is 0 Å². The lowest BCUT2D eigenvalue weighted by atomic mass is 9.99. The van der Waals surface area contributed by atoms with E-state index in [1.54, 1.807) is 36.7 Å². The highest BCUT2D eigenvalue weighted by atomic mass is 19.4. The number of benzene rings is 1. The fourth-order valence-corrected chi connectivity index (χ4v) is 3.80. The van der Waals surface area contributed by atoms with E-state index < -0.39 is 17.8 Å². The van der Waals surface area contributed by atoms with Gasteiger partial charge >= 0.3 is 6.18 Å². The lowest BCUT2D eigenvalue weighted by molar-refractivity contribution is -0.141. The largest absolute Gasteiger partial charge is 0.435 e. The standard InChI is InChI=1S/C27H21F3N6O2/c1-15-2-5-19(33-26(38)21-6-7-23(36-35-21)27(28,29)30)14-20(15)17-8-10-31-22(12-17)18-9-11-32-24(13-18)34-25(37)16-3-4-16/h2,5-14,16H,3-4H2,1H3,(H,33,38)(H,32,34,37). The molecule has 2 amide bonds. The Balaban J connectivity index is 1.36. The number of rotatable bonds is 6. The molecular formula is C27H21F3N6O2. The Hall–Kier alpha value is -4.67. The molecule has 1 saturated carbocycles. The molecule has 8 nitrogen and oxygen atoms in total. The number of aryl methyl sites for hydroxylation is 1. The number of carbonyl (C=O) groups excluding carboxylic acids is 2. The number of amides is 2. The van der Waals surface area contributed by atoms with Crippen LogP contribution in [0, 0.1) is 12.8 Å². The van der Waals surface area contributed by atoms with Gasteiger partial charge in [0, 0.05) is 29.6 Å². The molecule has 0 bridgehead atoms. The first-order valence-corrected chi connectivity index (χ1v) is 11.7. The second-order valence-corrected chi connectivity index (χ2v) is 8.91. The predicted molar refractivity (Wildman–Crippen MR) is 134 cm³/mol. The van der Waals surface area contributed by atoms with Gasteiger partial charge in [0.1, 0.15) is 5.82 Å². The molecule has 0 saturated heterocycles. The summed E-state index contributed by atoms with van der Waals surface area (Å²) in [5.41, 5.74) is 3.04. The van der Waals surface area contributed by atoms with Crippen LogP contribution >= 0.6 is 0 Å². The number of nitrogens with one attached hydrogen (secondary N) is 2. The molecule has 3 heterocycles. The number of pyridine rings is 2. The van der Waals surface area contributed by atoms with E-state index in [1.807, 2.05) is 25.1 Å². The topological polar surface area (TPSA) is 110 Å². The van der Waals surface area contributed by atoms with Crippen LogP contribution in [0.4, 0.5) is 24.7 Å². The van der Waals surface area contributed by atoms with Gasteiger partial charge in [0.05, 0.1) is 5.69 Å². The van der Waals surface area contributed by atoms with Crippen molar-refractivity contribution < 1.29 is 22.8 Å². The molecule has 0 aliphatic heterocycles. The molecular weight excluding hydrogens is 497 g/mol. The summed E-state index contributed by atoms with van der Waals surface area (Å²) in [6, 6.07) is 14.2. The van der Waals surface area contributed by atoms with E-state index in [9.17, 15) is 22.8 Å². The SMILES string of the molecule is Cc1ccc(NC(=O)c2ccc(C(F)(F)F)nn2)cc1-c1ccnc(-c2ccnc(NC(=O)C3CC3)c2)c1. The third-order valence-corrected chi connectivity index (χ3v) is 6.01. The highest BCUT2D eigenvalue weighted by Crippen LogP contribution is 2.32. The predicted octanol–water partition coefficient (Wildman–Crippen LogP) is 5.53. The molecule has 1 aliphatic carbocycles. The second kappa shape index (κ2) is 10.0. The summed E-state index contributed by atoms with van der Waals surface area (Å²) >= 11 is 0. The first-order valence-electron chi connectivity index (χ1n) is 11.7. The highest BCUT2D eigenvalue weighted by Gasteiger charge is 2.33. The number of hydrogen-bond acceptors (Lipinski definition) is 6. The van der Waals surface area contributed by atoms with E-state index in [4.69, 9.17) is 0 Å². The monoisotopic (exact) mass is 518 g/mol. The van der Waals surface area contributed by atoms with E-state index in [2.05, 4.69) is 30.8 Å². The smallest absolute Gasteiger partial charge is 0.321 e. The fraction of sp³-hybridized carbons (Fsp3) is 0.185. The van der Waals surface area contributed by atoms with Crippen molar-refractivity contribution in [2.24, 2.45) is 5.92 Å². The average Bonchev–Trinajstić information content (AvgIpc) is 3.75. The van der Waals surface area contributed by atoms with Gasteiger partial charge in [0.25, 0.3) is 5.91 Å². The van der Waals surface area contributed by atoms with E-state index in [0.717, 1.165) is 41.2 Å². The van der Waals surface area contributed by atoms with Crippen molar-refractivity contribution in [1.29, 1.82) is 0 Å². The first kappa shape index (κ1) is 25.0. The number of carbonyl (C=O) groups is 2. The zero-order valence-electron chi connectivity index (χ0n) is 20.1. The molecule has 0 spiro atoms. The van der Waals surface area contributed by atoms with Crippen LogP contribution < -0.4 is 10.6 Å². The molecule has 1 fully saturated rings. The number of alkyl halides is 3. The Kier molecular flexibility index (Phi) is 6.58. The minimum Gasteiger partial charge on any atom is -0.321 e. The van der Waals surface area contributed by atoms with Gasteiger partial charge in [0.15, 0.2) is 11.4 Å². The number of anilines is 2. The van der Waals surface area contributed by atoms with E-state index in [-0.39, 0.29) is 17.5 Å². The van der Waals surface area contributed by atoms with Crippen LogP contribution in [-0.2, 0) is 11.0 Å². The Morgan fingerprint density at radius 3 is 2.34 bits per heavy atom. The minimum absolute atomic E-state index is 0.0341. The summed E-state index contributed by atoms with van der Waals surface area (Å²) < 4.78 is 38.2. The number of aromatic nitrogens is 4. The maximum atomic E-state index is 12.7. The van der Waals surface area contributed by atoms with Crippen molar-refractivity contribution in [3.05, 3.63) is 83.9 Å². The summed E-state index contributed by atoms with van der Waals surface area (Å²) in [6.07, 6.45) is 0.421. The molecule has 0 atom stereocenters. The van der Waals surface area contributed by atoms with Crippen LogP contribution in [0.5, 0.6) is 0 Å². The molecule has 0 radical (unpaired) electrons. The van der Waals surface area contributed by atoms with Crippen LogP contribution in [0.2, 0.25) is 0 Å². The van der Waals surface area contributed by atoms with Crippen LogP contribution in [0.1, 0.15) is 34.6 Å². The molecule has 0 unspecified atom stereocenters. The Labute approximate surface area is 215 Å². The average molecular weight is 518 g/mol. The van der Waals surface area contributed by atoms with Gasteiger partial charge in [-0.15, -0.1) is 10.2 Å². The Morgan fingerprint density at radius 2 is 1.63 bits per heavy atom. The third kappa shape index (κ3) is 5.66. The number of nitrogens with zero attached hydrogens (tertiary/aromatic N) is 4. The minimum atomic E-state index is -4.64. The molecule has 2 N–H and O–H groups in total. The maximum Gasteiger partial charge on any atom is 0.435 e. The van der Waals surface area contributed by atoms with Crippen molar-refractivity contribution in [2.45, 2.75) is 25.9 Å². The maximum absolute atomic E-state index is 12.7. The number of halogens is 3. The van der Waals surface area contributed by atoms with E-state index in [1.165, 1.54) is 0 Å². The fourth-order valence-electron chi connectivity index (χ4n) is 3.80. The van der Waals surface area contributed by atoms with Crippen LogP contribution in [-0.4, -0.2) is 32.0 Å². The second-order valence-electron chi connectivity index (χ2n) is 8.91. The Bertz CT molecular complexity index is 1520. The highest BCUT2D eigenvalue weighted by molar-refractivity contribution is 6.03. The normalized spacial score (nSPS) is 13.2. The van der Waals surface area contributed by atoms with Gasteiger partial charge in [-0.1, -0.05) is 6.07 Å². The summed E-state index contributed by atoms with van der Waals surface area (Å²) in [5, 5.41) is 12.0. The zero-order valence-corrected chi connectivity index (χ0v) is 20.1. The van der Waals surface area contributed by atoms with Crippen molar-refractivity contribution in [1.82, 2.24) is 20.2 Å². The van der Waals surface area contributed by atoms with Crippen LogP contribution in [0.25, 0.3) is 22.4 Å². The van der Waals surface area contributed by atoms with Crippen molar-refractivity contribution >= 4 is 23.3 Å². The summed E-state index contributed by atoms with van der Waals surface area (Å²) in [7, 11) is 0. The summed E-state index contributed by atoms with van der Waals surface area (Å²) in [4.78, 5) is 33.4. The summed E-state index contributed by atoms with van der Waals surface area (Å²) in [6.45, 7) is 1.92. The Morgan fingerprint density at radius 1 is 0.868 bits per heavy atom. The van der Waals surface area contributed by atoms with Gasteiger partial charge in [-0.2, -0.15) is 13.2 Å². The summed E-state index contributed by atoms with van der Waals surface area (Å²) in [5.74, 6) is -0.204. The molecule has 11 heteroatoms. The lowest BCUT2D eigenvalue weighted by Gasteiger charge is -2.12. The van der Waals surface area contributed by atoms with Gasteiger partial charge in [-0.3, -0.25) is 14.6 Å². The molecule has 3 aromatic heterocycles. The van der Waals surface area contributed by atoms with Crippen molar-refractivity contribution in [2.75, 3.05) is 10.6 Å². The zero-order chi connectivity index (χ0) is 26.9. The van der Waals surface area contributed by atoms with Gasteiger partial charge < -0.3 is 10.6 Å². The quantitative estimate of drug-likeness (QED) is 0.347. The van der Waals surface area contributed by atoms with Crippen LogP contribution in [0.15, 0.2) is 67.0 Å². The molecule has 4 aromatic rings. The molecule has 38 heavy (non-hydrogen) atoms. The lowest BCUT2D eigenvalue weighted by Crippen LogP contribution is -2.16. The van der Waals surface area contributed by atoms with Crippen LogP contribution in [0.3, 0.4) is 0 Å². The van der Waals surface area contributed by atoms with Crippen molar-refractivity contribution in [3.8, 4) is 22.4 Å². The van der Waals surface area contributed by atoms with Gasteiger partial charge in [0.2, 0.25) is 5.91 Å². The third-order valence-electron chi connectivity index (χ3n) is 6.01. The molecule has 192 valence electrons. The van der Waals surface area contributed by atoms with E-state index in [0.29, 0.717) is 23.3 Å². The van der Waals surface area contributed by atoms with Gasteiger partial charge in [-0.25, -0.2) is 4.98 Å². The number of hydrogen-bond donors (Lipinski definition) is 2.